The Balaban J connectivity index is 1.90. The maximum atomic E-state index is 12.0. The molecule has 1 atom stereocenters. The minimum atomic E-state index is -0.372. The normalized spacial score (nSPS) is 18.1. The highest BCUT2D eigenvalue weighted by Gasteiger charge is 2.28. The summed E-state index contributed by atoms with van der Waals surface area (Å²) in [5.41, 5.74) is 0.349. The Bertz CT molecular complexity index is 507. The summed E-state index contributed by atoms with van der Waals surface area (Å²) in [6, 6.07) is 6.56. The van der Waals surface area contributed by atoms with E-state index in [9.17, 15) is 14.7 Å². The Hall–Kier alpha value is -1.59. The number of carbonyl (C=O) groups is 2. The fraction of sp³-hybridized carbons (Fsp3) is 0.429. The molecule has 1 aromatic carbocycles. The molecule has 108 valence electrons. The molecule has 2 amide bonds. The van der Waals surface area contributed by atoms with Crippen molar-refractivity contribution >= 4 is 23.4 Å². The first-order valence-electron chi connectivity index (χ1n) is 6.56. The Kier molecular flexibility index (Phi) is 4.98. The van der Waals surface area contributed by atoms with Crippen LogP contribution in [0.2, 0.25) is 5.02 Å². The van der Waals surface area contributed by atoms with Gasteiger partial charge in [0.15, 0.2) is 0 Å². The summed E-state index contributed by atoms with van der Waals surface area (Å²) in [5.74, 6) is -0.550. The summed E-state index contributed by atoms with van der Waals surface area (Å²) in [5, 5.41) is 12.1. The van der Waals surface area contributed by atoms with Gasteiger partial charge in [0.05, 0.1) is 29.8 Å². The van der Waals surface area contributed by atoms with Gasteiger partial charge in [-0.2, -0.15) is 0 Å². The minimum Gasteiger partial charge on any atom is -0.394 e. The summed E-state index contributed by atoms with van der Waals surface area (Å²) in [4.78, 5) is 25.5. The van der Waals surface area contributed by atoms with Crippen molar-refractivity contribution in [3.05, 3.63) is 34.9 Å². The lowest BCUT2D eigenvalue weighted by Crippen LogP contribution is -2.43. The van der Waals surface area contributed by atoms with Gasteiger partial charge in [0, 0.05) is 6.54 Å². The van der Waals surface area contributed by atoms with Crippen LogP contribution in [0.4, 0.5) is 0 Å². The average molecular weight is 297 g/mol. The van der Waals surface area contributed by atoms with E-state index in [2.05, 4.69) is 5.32 Å². The van der Waals surface area contributed by atoms with E-state index >= 15 is 0 Å². The zero-order valence-electron chi connectivity index (χ0n) is 11.0. The second-order valence-corrected chi connectivity index (χ2v) is 5.14. The number of amides is 2. The van der Waals surface area contributed by atoms with Crippen LogP contribution in [0.3, 0.4) is 0 Å². The fourth-order valence-electron chi connectivity index (χ4n) is 2.35. The van der Waals surface area contributed by atoms with Gasteiger partial charge in [-0.3, -0.25) is 9.59 Å². The SMILES string of the molecule is O=C(NCC(=O)N1CCC[C@@H]1CO)c1ccccc1Cl. The standard InChI is InChI=1S/C14H17ClN2O3/c15-12-6-2-1-5-11(12)14(20)16-8-13(19)17-7-3-4-10(17)9-18/h1-2,5-6,10,18H,3-4,7-9H2,(H,16,20)/t10-/m1/s1. The number of nitrogens with one attached hydrogen (secondary N) is 1. The highest BCUT2D eigenvalue weighted by atomic mass is 35.5. The molecular formula is C14H17ClN2O3. The molecule has 1 heterocycles. The quantitative estimate of drug-likeness (QED) is 0.873. The number of halogens is 1. The van der Waals surface area contributed by atoms with Gasteiger partial charge in [-0.1, -0.05) is 23.7 Å². The second kappa shape index (κ2) is 6.72. The largest absolute Gasteiger partial charge is 0.394 e. The van der Waals surface area contributed by atoms with Gasteiger partial charge in [0.25, 0.3) is 5.91 Å². The van der Waals surface area contributed by atoms with E-state index in [0.29, 0.717) is 17.1 Å². The third-order valence-electron chi connectivity index (χ3n) is 3.43. The molecule has 1 fully saturated rings. The lowest BCUT2D eigenvalue weighted by atomic mass is 10.2. The van der Waals surface area contributed by atoms with E-state index in [1.54, 1.807) is 29.2 Å². The van der Waals surface area contributed by atoms with Crippen molar-refractivity contribution in [2.45, 2.75) is 18.9 Å². The molecule has 1 aliphatic rings. The van der Waals surface area contributed by atoms with Crippen molar-refractivity contribution in [1.82, 2.24) is 10.2 Å². The van der Waals surface area contributed by atoms with Crippen LogP contribution in [0.1, 0.15) is 23.2 Å². The topological polar surface area (TPSA) is 69.6 Å². The van der Waals surface area contributed by atoms with Crippen molar-refractivity contribution in [1.29, 1.82) is 0 Å². The van der Waals surface area contributed by atoms with Gasteiger partial charge in [-0.05, 0) is 25.0 Å². The molecule has 0 radical (unpaired) electrons. The predicted molar refractivity (Wildman–Crippen MR) is 75.6 cm³/mol. The van der Waals surface area contributed by atoms with Gasteiger partial charge in [0.1, 0.15) is 0 Å². The highest BCUT2D eigenvalue weighted by Crippen LogP contribution is 2.17. The molecule has 0 bridgehead atoms. The van der Waals surface area contributed by atoms with Crippen LogP contribution in [0.5, 0.6) is 0 Å². The lowest BCUT2D eigenvalue weighted by molar-refractivity contribution is -0.131. The summed E-state index contributed by atoms with van der Waals surface area (Å²) in [6.07, 6.45) is 1.69. The van der Waals surface area contributed by atoms with Crippen molar-refractivity contribution in [2.75, 3.05) is 19.7 Å². The molecule has 2 N–H and O–H groups in total. The fourth-order valence-corrected chi connectivity index (χ4v) is 2.57. The molecule has 0 spiro atoms. The van der Waals surface area contributed by atoms with Crippen LogP contribution in [0.15, 0.2) is 24.3 Å². The molecule has 0 unspecified atom stereocenters. The summed E-state index contributed by atoms with van der Waals surface area (Å²) < 4.78 is 0. The Labute approximate surface area is 122 Å². The van der Waals surface area contributed by atoms with E-state index in [1.165, 1.54) is 0 Å². The number of hydrogen-bond donors (Lipinski definition) is 2. The average Bonchev–Trinajstić information content (AvgIpc) is 2.93. The van der Waals surface area contributed by atoms with Gasteiger partial charge in [-0.25, -0.2) is 0 Å². The Morgan fingerprint density at radius 2 is 2.15 bits per heavy atom. The summed E-state index contributed by atoms with van der Waals surface area (Å²) >= 11 is 5.92. The van der Waals surface area contributed by atoms with Crippen molar-refractivity contribution in [3.63, 3.8) is 0 Å². The van der Waals surface area contributed by atoms with E-state index in [1.807, 2.05) is 0 Å². The van der Waals surface area contributed by atoms with Gasteiger partial charge < -0.3 is 15.3 Å². The molecular weight excluding hydrogens is 280 g/mol. The molecule has 6 heteroatoms. The number of nitrogens with zero attached hydrogens (tertiary/aromatic N) is 1. The summed E-state index contributed by atoms with van der Waals surface area (Å²) in [6.45, 7) is 0.511. The summed E-state index contributed by atoms with van der Waals surface area (Å²) in [7, 11) is 0. The van der Waals surface area contributed by atoms with Crippen molar-refractivity contribution < 1.29 is 14.7 Å². The van der Waals surface area contributed by atoms with Gasteiger partial charge in [-0.15, -0.1) is 0 Å². The van der Waals surface area contributed by atoms with E-state index < -0.39 is 0 Å². The number of aliphatic hydroxyl groups is 1. The molecule has 0 aromatic heterocycles. The van der Waals surface area contributed by atoms with Crippen LogP contribution >= 0.6 is 11.6 Å². The van der Waals surface area contributed by atoms with Crippen LogP contribution in [-0.4, -0.2) is 47.6 Å². The van der Waals surface area contributed by atoms with Crippen LogP contribution in [0.25, 0.3) is 0 Å². The number of rotatable bonds is 4. The molecule has 20 heavy (non-hydrogen) atoms. The zero-order chi connectivity index (χ0) is 14.5. The van der Waals surface area contributed by atoms with Gasteiger partial charge in [0.2, 0.25) is 5.91 Å². The molecule has 1 saturated heterocycles. The smallest absolute Gasteiger partial charge is 0.253 e. The molecule has 5 nitrogen and oxygen atoms in total. The van der Waals surface area contributed by atoms with Crippen molar-refractivity contribution in [2.24, 2.45) is 0 Å². The number of aliphatic hydroxyl groups excluding tert-OH is 1. The monoisotopic (exact) mass is 296 g/mol. The first-order chi connectivity index (χ1) is 9.63. The predicted octanol–water partition coefficient (Wildman–Crippen LogP) is 1.05. The molecule has 2 rings (SSSR count). The van der Waals surface area contributed by atoms with Gasteiger partial charge >= 0.3 is 0 Å². The maximum Gasteiger partial charge on any atom is 0.253 e. The first-order valence-corrected chi connectivity index (χ1v) is 6.94. The van der Waals surface area contributed by atoms with E-state index in [4.69, 9.17) is 11.6 Å². The number of carbonyl (C=O) groups excluding carboxylic acids is 2. The molecule has 1 aromatic rings. The lowest BCUT2D eigenvalue weighted by Gasteiger charge is -2.23. The maximum absolute atomic E-state index is 12.0. The number of benzene rings is 1. The van der Waals surface area contributed by atoms with Crippen molar-refractivity contribution in [3.8, 4) is 0 Å². The Morgan fingerprint density at radius 3 is 2.85 bits per heavy atom. The molecule has 0 saturated carbocycles. The molecule has 1 aliphatic heterocycles. The number of likely N-dealkylation sites (tertiary alicyclic amines) is 1. The van der Waals surface area contributed by atoms with E-state index in [-0.39, 0.29) is 31.0 Å². The van der Waals surface area contributed by atoms with Crippen LogP contribution in [0, 0.1) is 0 Å². The second-order valence-electron chi connectivity index (χ2n) is 4.73. The van der Waals surface area contributed by atoms with Crippen LogP contribution in [-0.2, 0) is 4.79 Å². The van der Waals surface area contributed by atoms with Crippen LogP contribution < -0.4 is 5.32 Å². The third kappa shape index (κ3) is 3.29. The highest BCUT2D eigenvalue weighted by molar-refractivity contribution is 6.33. The third-order valence-corrected chi connectivity index (χ3v) is 3.76. The first kappa shape index (κ1) is 14.8. The Morgan fingerprint density at radius 1 is 1.40 bits per heavy atom. The number of hydrogen-bond acceptors (Lipinski definition) is 3. The molecule has 0 aliphatic carbocycles. The van der Waals surface area contributed by atoms with E-state index in [0.717, 1.165) is 12.8 Å². The minimum absolute atomic E-state index is 0.0375. The zero-order valence-corrected chi connectivity index (χ0v) is 11.8.